The molecule has 26 heavy (non-hydrogen) atoms. The van der Waals surface area contributed by atoms with Crippen molar-refractivity contribution in [1.82, 2.24) is 4.57 Å². The van der Waals surface area contributed by atoms with Gasteiger partial charge in [-0.15, -0.1) is 4.67 Å². The van der Waals surface area contributed by atoms with E-state index < -0.39 is 13.5 Å². The first-order valence-electron chi connectivity index (χ1n) is 7.92. The van der Waals surface area contributed by atoms with Gasteiger partial charge in [0.2, 0.25) is 5.91 Å². The third kappa shape index (κ3) is 4.52. The van der Waals surface area contributed by atoms with Crippen LogP contribution < -0.4 is 10.6 Å². The second-order valence-corrected chi connectivity index (χ2v) is 7.81. The molecule has 1 unspecified atom stereocenters. The highest BCUT2D eigenvalue weighted by Crippen LogP contribution is 2.38. The van der Waals surface area contributed by atoms with Crippen LogP contribution in [-0.2, 0) is 27.0 Å². The summed E-state index contributed by atoms with van der Waals surface area (Å²) in [5.74, 6) is -0.184. The van der Waals surface area contributed by atoms with E-state index in [0.29, 0.717) is 6.54 Å². The average Bonchev–Trinajstić information content (AvgIpc) is 2.90. The van der Waals surface area contributed by atoms with Crippen molar-refractivity contribution in [3.05, 3.63) is 65.9 Å². The number of amides is 1. The van der Waals surface area contributed by atoms with Gasteiger partial charge in [0.25, 0.3) is 0 Å². The highest BCUT2D eigenvalue weighted by atomic mass is 31.2. The van der Waals surface area contributed by atoms with E-state index in [2.05, 4.69) is 4.67 Å². The monoisotopic (exact) mass is 374 g/mol. The molecule has 1 aromatic heterocycles. The van der Waals surface area contributed by atoms with Crippen molar-refractivity contribution in [1.29, 1.82) is 0 Å². The highest BCUT2D eigenvalue weighted by Gasteiger charge is 2.15. The van der Waals surface area contributed by atoms with Crippen LogP contribution in [-0.4, -0.2) is 22.0 Å². The summed E-state index contributed by atoms with van der Waals surface area (Å²) in [7, 11) is -3.77. The summed E-state index contributed by atoms with van der Waals surface area (Å²) < 4.78 is 17.7. The lowest BCUT2D eigenvalue weighted by atomic mass is 10.1. The van der Waals surface area contributed by atoms with Crippen molar-refractivity contribution < 1.29 is 23.8 Å². The van der Waals surface area contributed by atoms with E-state index in [9.17, 15) is 14.3 Å². The molecule has 2 aromatic carbocycles. The number of rotatable bonds is 7. The molecule has 8 heteroatoms. The maximum absolute atomic E-state index is 11.4. The normalized spacial score (nSPS) is 13.5. The summed E-state index contributed by atoms with van der Waals surface area (Å²) in [6, 6.07) is 15.0. The molecule has 0 saturated heterocycles. The zero-order valence-electron chi connectivity index (χ0n) is 14.2. The Morgan fingerprint density at radius 1 is 1.23 bits per heavy atom. The number of hydrogen-bond acceptors (Lipinski definition) is 4. The van der Waals surface area contributed by atoms with Crippen molar-refractivity contribution >= 4 is 24.4 Å². The topological polar surface area (TPSA) is 104 Å². The van der Waals surface area contributed by atoms with Crippen LogP contribution >= 0.6 is 7.60 Å². The molecule has 3 N–H and O–H groups in total. The van der Waals surface area contributed by atoms with E-state index in [-0.39, 0.29) is 12.2 Å². The molecule has 1 atom stereocenters. The van der Waals surface area contributed by atoms with Gasteiger partial charge >= 0.3 is 7.60 Å². The number of carbonyl (C=O) groups excluding carboxylic acids is 1. The molecule has 0 aliphatic heterocycles. The first kappa shape index (κ1) is 18.2. The Morgan fingerprint density at radius 3 is 2.62 bits per heavy atom. The van der Waals surface area contributed by atoms with Gasteiger partial charge in [-0.25, -0.2) is 0 Å². The smallest absolute Gasteiger partial charge is 0.363 e. The van der Waals surface area contributed by atoms with Crippen LogP contribution in [0.3, 0.4) is 0 Å². The van der Waals surface area contributed by atoms with Gasteiger partial charge < -0.3 is 20.1 Å². The number of fused-ring (bicyclic) bond motifs is 1. The molecule has 0 radical (unpaired) electrons. The third-order valence-corrected chi connectivity index (χ3v) is 4.12. The molecule has 0 spiro atoms. The van der Waals surface area contributed by atoms with Gasteiger partial charge in [-0.3, -0.25) is 9.36 Å². The predicted molar refractivity (Wildman–Crippen MR) is 97.8 cm³/mol. The zero-order valence-corrected chi connectivity index (χ0v) is 15.1. The van der Waals surface area contributed by atoms with Crippen LogP contribution in [0.5, 0.6) is 5.75 Å². The van der Waals surface area contributed by atoms with Crippen molar-refractivity contribution in [2.75, 3.05) is 6.66 Å². The van der Waals surface area contributed by atoms with Gasteiger partial charge in [-0.2, -0.15) is 0 Å². The molecular formula is C18H19N2O5P. The van der Waals surface area contributed by atoms with Crippen molar-refractivity contribution in [2.45, 2.75) is 13.0 Å². The van der Waals surface area contributed by atoms with Crippen molar-refractivity contribution in [3.8, 4) is 5.75 Å². The summed E-state index contributed by atoms with van der Waals surface area (Å²) in [6.07, 6.45) is 1.96. The standard InChI is InChI=1S/C18H19N2O5P/c1-26(22,23)25-24-15-7-8-17-16(10-15)14(9-18(19)21)12-20(17)11-13-5-3-2-4-6-13/h2-8,10,12H,9,11H2,1H3,(H2,19,21)(H,22,23). The number of hydrogen-bond donors (Lipinski definition) is 2. The van der Waals surface area contributed by atoms with Crippen molar-refractivity contribution in [3.63, 3.8) is 0 Å². The first-order chi connectivity index (χ1) is 12.3. The largest absolute Gasteiger partial charge is 0.369 e. The number of primary amides is 1. The number of nitrogens with two attached hydrogens (primary N) is 1. The molecule has 1 heterocycles. The molecule has 0 aliphatic rings. The zero-order chi connectivity index (χ0) is 18.7. The van der Waals surface area contributed by atoms with Crippen LogP contribution in [0.2, 0.25) is 0 Å². The maximum atomic E-state index is 11.4. The average molecular weight is 374 g/mol. The van der Waals surface area contributed by atoms with Crippen LogP contribution in [0, 0.1) is 0 Å². The molecule has 1 amide bonds. The lowest BCUT2D eigenvalue weighted by molar-refractivity contribution is -0.117. The Labute approximate surface area is 150 Å². The lowest BCUT2D eigenvalue weighted by Crippen LogP contribution is -2.13. The van der Waals surface area contributed by atoms with Gasteiger partial charge in [0.05, 0.1) is 6.42 Å². The fourth-order valence-electron chi connectivity index (χ4n) is 2.75. The van der Waals surface area contributed by atoms with Crippen LogP contribution in [0.15, 0.2) is 54.7 Å². The number of nitrogens with zero attached hydrogens (tertiary/aromatic N) is 1. The summed E-state index contributed by atoms with van der Waals surface area (Å²) in [5, 5.41) is 0.768. The molecular weight excluding hydrogens is 355 g/mol. The summed E-state index contributed by atoms with van der Waals surface area (Å²) in [4.78, 5) is 25.5. The van der Waals surface area contributed by atoms with Gasteiger partial charge in [0.1, 0.15) is 0 Å². The predicted octanol–water partition coefficient (Wildman–Crippen LogP) is 2.84. The summed E-state index contributed by atoms with van der Waals surface area (Å²) in [6.45, 7) is 1.66. The van der Waals surface area contributed by atoms with Crippen LogP contribution in [0.25, 0.3) is 10.9 Å². The van der Waals surface area contributed by atoms with Gasteiger partial charge in [0, 0.05) is 30.3 Å². The van der Waals surface area contributed by atoms with Crippen molar-refractivity contribution in [2.24, 2.45) is 5.73 Å². The quantitative estimate of drug-likeness (QED) is 0.376. The Hall–Kier alpha value is -2.60. The molecule has 0 saturated carbocycles. The Morgan fingerprint density at radius 2 is 1.96 bits per heavy atom. The summed E-state index contributed by atoms with van der Waals surface area (Å²) in [5.41, 5.74) is 8.11. The lowest BCUT2D eigenvalue weighted by Gasteiger charge is -2.08. The van der Waals surface area contributed by atoms with Crippen LogP contribution in [0.4, 0.5) is 0 Å². The van der Waals surface area contributed by atoms with Crippen LogP contribution in [0.1, 0.15) is 11.1 Å². The minimum absolute atomic E-state index is 0.0782. The SMILES string of the molecule is CP(=O)(O)OOc1ccc2c(c1)c(CC(N)=O)cn2Cc1ccccc1. The number of benzene rings is 2. The van der Waals surface area contributed by atoms with E-state index in [4.69, 9.17) is 10.6 Å². The Bertz CT molecular complexity index is 978. The number of carbonyl (C=O) groups is 1. The van der Waals surface area contributed by atoms with Gasteiger partial charge in [-0.1, -0.05) is 30.3 Å². The molecule has 7 nitrogen and oxygen atoms in total. The minimum atomic E-state index is -3.77. The minimum Gasteiger partial charge on any atom is -0.369 e. The Kier molecular flexibility index (Phi) is 5.13. The van der Waals surface area contributed by atoms with E-state index in [1.165, 1.54) is 0 Å². The first-order valence-corrected chi connectivity index (χ1v) is 9.95. The van der Waals surface area contributed by atoms with E-state index >= 15 is 0 Å². The highest BCUT2D eigenvalue weighted by molar-refractivity contribution is 7.51. The third-order valence-electron chi connectivity index (χ3n) is 3.77. The second-order valence-electron chi connectivity index (χ2n) is 6.05. The van der Waals surface area contributed by atoms with E-state index in [1.54, 1.807) is 18.2 Å². The molecule has 136 valence electrons. The molecule has 3 rings (SSSR count). The molecule has 0 bridgehead atoms. The second kappa shape index (κ2) is 7.33. The maximum Gasteiger partial charge on any atom is 0.363 e. The molecule has 3 aromatic rings. The van der Waals surface area contributed by atoms with E-state index in [1.807, 2.05) is 41.1 Å². The summed E-state index contributed by atoms with van der Waals surface area (Å²) >= 11 is 0. The molecule has 0 fully saturated rings. The number of aromatic nitrogens is 1. The fraction of sp³-hybridized carbons (Fsp3) is 0.167. The van der Waals surface area contributed by atoms with Gasteiger partial charge in [0.15, 0.2) is 5.75 Å². The Balaban J connectivity index is 1.98. The fourth-order valence-corrected chi connectivity index (χ4v) is 2.98. The molecule has 0 aliphatic carbocycles. The van der Waals surface area contributed by atoms with E-state index in [0.717, 1.165) is 28.7 Å². The van der Waals surface area contributed by atoms with Gasteiger partial charge in [-0.05, 0) is 29.3 Å².